The summed E-state index contributed by atoms with van der Waals surface area (Å²) in [5, 5.41) is 0.00856. The molecule has 0 radical (unpaired) electrons. The first kappa shape index (κ1) is 21.8. The molecule has 132 valence electrons. The molecule has 0 saturated heterocycles. The van der Waals surface area contributed by atoms with Crippen molar-refractivity contribution in [3.63, 3.8) is 0 Å². The fraction of sp³-hybridized carbons (Fsp3) is 0.944. The van der Waals surface area contributed by atoms with Crippen molar-refractivity contribution in [1.82, 2.24) is 0 Å². The number of carbonyl (C=O) groups excluding carboxylic acids is 1. The molecule has 1 atom stereocenters. The Balaban J connectivity index is 3.88. The molecular formula is C18H35FO2S. The molecule has 1 unspecified atom stereocenters. The Kier molecular flexibility index (Phi) is 16.9. The van der Waals surface area contributed by atoms with Gasteiger partial charge in [0.05, 0.1) is 13.3 Å². The zero-order valence-electron chi connectivity index (χ0n) is 14.6. The third-order valence-electron chi connectivity index (χ3n) is 3.67. The van der Waals surface area contributed by atoms with Crippen LogP contribution < -0.4 is 0 Å². The van der Waals surface area contributed by atoms with E-state index in [2.05, 4.69) is 13.8 Å². The van der Waals surface area contributed by atoms with Gasteiger partial charge in [0.25, 0.3) is 0 Å². The highest BCUT2D eigenvalue weighted by Crippen LogP contribution is 2.21. The van der Waals surface area contributed by atoms with Gasteiger partial charge in [0.2, 0.25) is 0 Å². The van der Waals surface area contributed by atoms with Crippen molar-refractivity contribution in [2.75, 3.05) is 19.0 Å². The number of unbranched alkanes of at least 4 members (excludes halogenated alkanes) is 7. The van der Waals surface area contributed by atoms with Crippen LogP contribution in [0, 0.1) is 0 Å². The van der Waals surface area contributed by atoms with E-state index in [1.807, 2.05) is 0 Å². The van der Waals surface area contributed by atoms with Crippen molar-refractivity contribution in [1.29, 1.82) is 0 Å². The number of thioether (sulfide) groups is 1. The summed E-state index contributed by atoms with van der Waals surface area (Å²) in [7, 11) is 0. The summed E-state index contributed by atoms with van der Waals surface area (Å²) in [6.07, 6.45) is 11.4. The third kappa shape index (κ3) is 13.4. The minimum Gasteiger partial charge on any atom is -0.465 e. The smallest absolute Gasteiger partial charge is 0.319 e. The summed E-state index contributed by atoms with van der Waals surface area (Å²) in [6.45, 7) is 4.64. The highest BCUT2D eigenvalue weighted by molar-refractivity contribution is 8.00. The molecular weight excluding hydrogens is 299 g/mol. The van der Waals surface area contributed by atoms with Crippen LogP contribution in [-0.4, -0.2) is 30.3 Å². The summed E-state index contributed by atoms with van der Waals surface area (Å²) in [6, 6.07) is 0. The summed E-state index contributed by atoms with van der Waals surface area (Å²) < 4.78 is 17.4. The second-order valence-electron chi connectivity index (χ2n) is 5.83. The van der Waals surface area contributed by atoms with Crippen LogP contribution in [0.25, 0.3) is 0 Å². The number of hydrogen-bond donors (Lipinski definition) is 0. The van der Waals surface area contributed by atoms with E-state index in [1.54, 1.807) is 11.8 Å². The van der Waals surface area contributed by atoms with Gasteiger partial charge in [-0.15, -0.1) is 11.8 Å². The van der Waals surface area contributed by atoms with Crippen molar-refractivity contribution in [3.8, 4) is 0 Å². The van der Waals surface area contributed by atoms with Crippen molar-refractivity contribution in [2.45, 2.75) is 89.7 Å². The van der Waals surface area contributed by atoms with Crippen molar-refractivity contribution in [3.05, 3.63) is 0 Å². The van der Waals surface area contributed by atoms with E-state index in [9.17, 15) is 9.18 Å². The quantitative estimate of drug-likeness (QED) is 0.258. The van der Waals surface area contributed by atoms with Crippen LogP contribution in [0.2, 0.25) is 0 Å². The van der Waals surface area contributed by atoms with Crippen LogP contribution in [-0.2, 0) is 9.53 Å². The highest BCUT2D eigenvalue weighted by Gasteiger charge is 2.19. The first-order valence-electron chi connectivity index (χ1n) is 9.10. The number of ether oxygens (including phenoxy) is 1. The lowest BCUT2D eigenvalue weighted by molar-refractivity contribution is -0.143. The largest absolute Gasteiger partial charge is 0.465 e. The molecule has 0 aromatic carbocycles. The van der Waals surface area contributed by atoms with Gasteiger partial charge in [-0.3, -0.25) is 9.18 Å². The van der Waals surface area contributed by atoms with Crippen LogP contribution in [0.5, 0.6) is 0 Å². The number of rotatable bonds is 16. The molecule has 0 aliphatic heterocycles. The number of hydrogen-bond acceptors (Lipinski definition) is 3. The number of alkyl halides is 1. The first-order chi connectivity index (χ1) is 10.8. The van der Waals surface area contributed by atoms with Gasteiger partial charge in [-0.2, -0.15) is 0 Å². The van der Waals surface area contributed by atoms with E-state index < -0.39 is 0 Å². The SMILES string of the molecule is CCCCCC(SCCCCCCCF)C(=O)OCCCC. The molecule has 0 bridgehead atoms. The second-order valence-corrected chi connectivity index (χ2v) is 7.14. The maximum atomic E-state index is 12.1. The fourth-order valence-electron chi connectivity index (χ4n) is 2.21. The second kappa shape index (κ2) is 17.1. The van der Waals surface area contributed by atoms with Gasteiger partial charge in [-0.05, 0) is 31.4 Å². The molecule has 0 amide bonds. The van der Waals surface area contributed by atoms with Gasteiger partial charge >= 0.3 is 5.97 Å². The standard InChI is InChI=1S/C18H35FO2S/c1-3-5-10-13-17(18(20)21-15-6-4-2)22-16-12-9-7-8-11-14-19/h17H,3-16H2,1-2H3. The lowest BCUT2D eigenvalue weighted by atomic mass is 10.1. The average molecular weight is 335 g/mol. The maximum absolute atomic E-state index is 12.1. The third-order valence-corrected chi connectivity index (χ3v) is 5.03. The lowest BCUT2D eigenvalue weighted by Crippen LogP contribution is -2.21. The average Bonchev–Trinajstić information content (AvgIpc) is 2.52. The lowest BCUT2D eigenvalue weighted by Gasteiger charge is -2.15. The van der Waals surface area contributed by atoms with Gasteiger partial charge < -0.3 is 4.74 Å². The predicted octanol–water partition coefficient (Wildman–Crippen LogP) is 5.93. The van der Waals surface area contributed by atoms with Gasteiger partial charge in [0.1, 0.15) is 5.25 Å². The van der Waals surface area contributed by atoms with Crippen LogP contribution in [0.1, 0.15) is 84.5 Å². The molecule has 0 heterocycles. The Bertz CT molecular complexity index is 249. The Hall–Kier alpha value is -0.250. The van der Waals surface area contributed by atoms with E-state index in [4.69, 9.17) is 4.74 Å². The highest BCUT2D eigenvalue weighted by atomic mass is 32.2. The van der Waals surface area contributed by atoms with Crippen LogP contribution in [0.4, 0.5) is 4.39 Å². The van der Waals surface area contributed by atoms with Crippen molar-refractivity contribution < 1.29 is 13.9 Å². The monoisotopic (exact) mass is 334 g/mol. The van der Waals surface area contributed by atoms with E-state index in [1.165, 1.54) is 12.8 Å². The molecule has 0 spiro atoms. The Morgan fingerprint density at radius 3 is 2.32 bits per heavy atom. The summed E-state index contributed by atoms with van der Waals surface area (Å²) in [5.41, 5.74) is 0. The molecule has 22 heavy (non-hydrogen) atoms. The fourth-order valence-corrected chi connectivity index (χ4v) is 3.40. The zero-order chi connectivity index (χ0) is 16.5. The van der Waals surface area contributed by atoms with Crippen molar-refractivity contribution >= 4 is 17.7 Å². The normalized spacial score (nSPS) is 12.3. The predicted molar refractivity (Wildman–Crippen MR) is 95.3 cm³/mol. The van der Waals surface area contributed by atoms with Gasteiger partial charge in [0.15, 0.2) is 0 Å². The first-order valence-corrected chi connectivity index (χ1v) is 10.1. The Morgan fingerprint density at radius 2 is 1.64 bits per heavy atom. The molecule has 2 nitrogen and oxygen atoms in total. The van der Waals surface area contributed by atoms with E-state index in [-0.39, 0.29) is 17.9 Å². The van der Waals surface area contributed by atoms with E-state index >= 15 is 0 Å². The van der Waals surface area contributed by atoms with Gasteiger partial charge in [-0.25, -0.2) is 0 Å². The molecule has 4 heteroatoms. The molecule has 0 aromatic heterocycles. The minimum atomic E-state index is -0.197. The molecule has 0 rings (SSSR count). The molecule has 0 fully saturated rings. The molecule has 0 aliphatic carbocycles. The van der Waals surface area contributed by atoms with Crippen LogP contribution >= 0.6 is 11.8 Å². The summed E-state index contributed by atoms with van der Waals surface area (Å²) in [4.78, 5) is 12.1. The van der Waals surface area contributed by atoms with E-state index in [0.29, 0.717) is 13.0 Å². The summed E-state index contributed by atoms with van der Waals surface area (Å²) in [5.74, 6) is 0.988. The Labute approximate surface area is 141 Å². The molecule has 0 N–H and O–H groups in total. The summed E-state index contributed by atoms with van der Waals surface area (Å²) >= 11 is 1.75. The van der Waals surface area contributed by atoms with E-state index in [0.717, 1.165) is 57.1 Å². The van der Waals surface area contributed by atoms with Gasteiger partial charge in [0, 0.05) is 0 Å². The molecule has 0 saturated carbocycles. The number of halogens is 1. The topological polar surface area (TPSA) is 26.3 Å². The zero-order valence-corrected chi connectivity index (χ0v) is 15.4. The van der Waals surface area contributed by atoms with Crippen molar-refractivity contribution in [2.24, 2.45) is 0 Å². The maximum Gasteiger partial charge on any atom is 0.319 e. The minimum absolute atomic E-state index is 0.00856. The molecule has 0 aliphatic rings. The van der Waals surface area contributed by atoms with Gasteiger partial charge in [-0.1, -0.05) is 58.8 Å². The number of esters is 1. The van der Waals surface area contributed by atoms with Crippen LogP contribution in [0.3, 0.4) is 0 Å². The van der Waals surface area contributed by atoms with Crippen LogP contribution in [0.15, 0.2) is 0 Å². The Morgan fingerprint density at radius 1 is 0.955 bits per heavy atom. The molecule has 0 aromatic rings. The number of carbonyl (C=O) groups is 1.